The van der Waals surface area contributed by atoms with E-state index in [0.29, 0.717) is 11.7 Å². The van der Waals surface area contributed by atoms with E-state index < -0.39 is 10.0 Å². The van der Waals surface area contributed by atoms with Gasteiger partial charge in [0, 0.05) is 30.2 Å². The summed E-state index contributed by atoms with van der Waals surface area (Å²) in [6, 6.07) is 12.3. The summed E-state index contributed by atoms with van der Waals surface area (Å²) in [6.07, 6.45) is 1.23. The average molecular weight is 373 g/mol. The lowest BCUT2D eigenvalue weighted by Gasteiger charge is -2.14. The second kappa shape index (κ2) is 6.99. The molecular weight excluding hydrogens is 350 g/mol. The molecule has 1 unspecified atom stereocenters. The van der Waals surface area contributed by atoms with E-state index in [1.54, 1.807) is 36.2 Å². The van der Waals surface area contributed by atoms with Crippen LogP contribution in [0, 0.1) is 0 Å². The minimum Gasteiger partial charge on any atom is -0.383 e. The molecular formula is C19H23N3O3S. The van der Waals surface area contributed by atoms with Gasteiger partial charge in [-0.3, -0.25) is 9.52 Å². The zero-order chi connectivity index (χ0) is 18.9. The molecule has 0 bridgehead atoms. The molecule has 1 atom stereocenters. The summed E-state index contributed by atoms with van der Waals surface area (Å²) in [5.41, 5.74) is 2.93. The second-order valence-corrected chi connectivity index (χ2v) is 8.24. The van der Waals surface area contributed by atoms with Crippen molar-refractivity contribution in [3.63, 3.8) is 0 Å². The number of rotatable bonds is 6. The Bertz CT molecular complexity index is 924. The van der Waals surface area contributed by atoms with Crippen LogP contribution in [0.1, 0.15) is 25.8 Å². The Labute approximate surface area is 154 Å². The molecule has 7 heteroatoms. The molecule has 0 saturated carbocycles. The summed E-state index contributed by atoms with van der Waals surface area (Å²) in [5, 5.41) is 3.34. The van der Waals surface area contributed by atoms with Crippen molar-refractivity contribution in [2.24, 2.45) is 0 Å². The number of anilines is 3. The Morgan fingerprint density at radius 1 is 1.12 bits per heavy atom. The third-order valence-corrected chi connectivity index (χ3v) is 5.98. The number of hydrogen-bond donors (Lipinski definition) is 2. The van der Waals surface area contributed by atoms with E-state index in [9.17, 15) is 13.2 Å². The Kier molecular flexibility index (Phi) is 4.91. The summed E-state index contributed by atoms with van der Waals surface area (Å²) < 4.78 is 27.9. The maximum absolute atomic E-state index is 12.6. The van der Waals surface area contributed by atoms with E-state index in [-0.39, 0.29) is 17.2 Å². The minimum atomic E-state index is -3.71. The summed E-state index contributed by atoms with van der Waals surface area (Å²) >= 11 is 0. The van der Waals surface area contributed by atoms with E-state index in [0.717, 1.165) is 23.4 Å². The predicted octanol–water partition coefficient (Wildman–Crippen LogP) is 3.22. The van der Waals surface area contributed by atoms with E-state index >= 15 is 0 Å². The van der Waals surface area contributed by atoms with Crippen LogP contribution >= 0.6 is 0 Å². The lowest BCUT2D eigenvalue weighted by molar-refractivity contribution is -0.117. The van der Waals surface area contributed by atoms with Crippen molar-refractivity contribution in [3.05, 3.63) is 48.0 Å². The molecule has 6 nitrogen and oxygen atoms in total. The Morgan fingerprint density at radius 2 is 1.77 bits per heavy atom. The maximum Gasteiger partial charge on any atom is 0.261 e. The van der Waals surface area contributed by atoms with Crippen LogP contribution in [0.5, 0.6) is 0 Å². The Balaban J connectivity index is 1.77. The zero-order valence-electron chi connectivity index (χ0n) is 15.1. The van der Waals surface area contributed by atoms with Gasteiger partial charge in [-0.2, -0.15) is 0 Å². The van der Waals surface area contributed by atoms with Crippen LogP contribution in [0.4, 0.5) is 17.1 Å². The van der Waals surface area contributed by atoms with Crippen molar-refractivity contribution in [1.82, 2.24) is 0 Å². The van der Waals surface area contributed by atoms with Gasteiger partial charge >= 0.3 is 0 Å². The Hall–Kier alpha value is -2.54. The number of benzene rings is 2. The van der Waals surface area contributed by atoms with Gasteiger partial charge in [-0.05, 0) is 61.4 Å². The molecule has 0 spiro atoms. The number of nitrogens with zero attached hydrogens (tertiary/aromatic N) is 1. The van der Waals surface area contributed by atoms with Crippen LogP contribution in [0.25, 0.3) is 0 Å². The first kappa shape index (κ1) is 18.3. The van der Waals surface area contributed by atoms with Gasteiger partial charge in [-0.25, -0.2) is 8.42 Å². The molecule has 26 heavy (non-hydrogen) atoms. The monoisotopic (exact) mass is 373 g/mol. The number of carbonyl (C=O) groups is 1. The number of hydrogen-bond acceptors (Lipinski definition) is 4. The van der Waals surface area contributed by atoms with Gasteiger partial charge in [0.2, 0.25) is 5.91 Å². The molecule has 0 saturated heterocycles. The number of fused-ring (bicyclic) bond motifs is 1. The van der Waals surface area contributed by atoms with Gasteiger partial charge in [-0.1, -0.05) is 6.92 Å². The van der Waals surface area contributed by atoms with E-state index in [4.69, 9.17) is 0 Å². The number of amides is 1. The summed E-state index contributed by atoms with van der Waals surface area (Å²) in [6.45, 7) is 4.19. The molecule has 1 aliphatic rings. The van der Waals surface area contributed by atoms with Crippen LogP contribution < -0.4 is 14.9 Å². The van der Waals surface area contributed by atoms with Crippen LogP contribution in [0.15, 0.2) is 47.4 Å². The maximum atomic E-state index is 12.6. The first-order valence-electron chi connectivity index (χ1n) is 8.59. The highest BCUT2D eigenvalue weighted by Gasteiger charge is 2.26. The van der Waals surface area contributed by atoms with E-state index in [1.165, 1.54) is 6.07 Å². The lowest BCUT2D eigenvalue weighted by atomic mass is 10.2. The fourth-order valence-corrected chi connectivity index (χ4v) is 3.96. The molecule has 3 rings (SSSR count). The zero-order valence-corrected chi connectivity index (χ0v) is 15.9. The van der Waals surface area contributed by atoms with Crippen molar-refractivity contribution >= 4 is 33.0 Å². The van der Waals surface area contributed by atoms with Crippen molar-refractivity contribution in [2.45, 2.75) is 37.6 Å². The highest BCUT2D eigenvalue weighted by Crippen LogP contribution is 2.30. The first-order chi connectivity index (χ1) is 12.3. The lowest BCUT2D eigenvalue weighted by Crippen LogP contribution is -2.20. The number of sulfonamides is 1. The topological polar surface area (TPSA) is 78.5 Å². The van der Waals surface area contributed by atoms with E-state index in [2.05, 4.69) is 23.9 Å². The van der Waals surface area contributed by atoms with Gasteiger partial charge in [0.25, 0.3) is 10.0 Å². The van der Waals surface area contributed by atoms with Crippen molar-refractivity contribution in [2.75, 3.05) is 22.0 Å². The molecule has 138 valence electrons. The van der Waals surface area contributed by atoms with Crippen LogP contribution in [0.2, 0.25) is 0 Å². The molecule has 0 radical (unpaired) electrons. The summed E-state index contributed by atoms with van der Waals surface area (Å²) in [4.78, 5) is 13.5. The summed E-state index contributed by atoms with van der Waals surface area (Å²) in [7, 11) is -2.02. The minimum absolute atomic E-state index is 0.0353. The van der Waals surface area contributed by atoms with Gasteiger partial charge in [0.05, 0.1) is 11.3 Å². The third kappa shape index (κ3) is 3.67. The summed E-state index contributed by atoms with van der Waals surface area (Å²) in [5.74, 6) is -0.0353. The molecule has 2 N–H and O–H groups in total. The van der Waals surface area contributed by atoms with Gasteiger partial charge in [0.15, 0.2) is 0 Å². The standard InChI is InChI=1S/C19H23N3O3S/c1-4-13(2)20-15-5-7-16(8-6-15)21-26(24,25)17-9-10-18-14(11-17)12-19(23)22(18)3/h5-11,13,20-21H,4,12H2,1-3H3. The van der Waals surface area contributed by atoms with Gasteiger partial charge < -0.3 is 10.2 Å². The molecule has 0 aliphatic carbocycles. The number of likely N-dealkylation sites (N-methyl/N-ethyl adjacent to an activating group) is 1. The van der Waals surface area contributed by atoms with Gasteiger partial charge in [0.1, 0.15) is 0 Å². The van der Waals surface area contributed by atoms with Crippen LogP contribution in [-0.4, -0.2) is 27.4 Å². The van der Waals surface area contributed by atoms with E-state index in [1.807, 2.05) is 12.1 Å². The SMILES string of the molecule is CCC(C)Nc1ccc(NS(=O)(=O)c2ccc3c(c2)CC(=O)N3C)cc1. The van der Waals surface area contributed by atoms with Crippen molar-refractivity contribution in [3.8, 4) is 0 Å². The molecule has 0 fully saturated rings. The van der Waals surface area contributed by atoms with Crippen LogP contribution in [0.3, 0.4) is 0 Å². The fourth-order valence-electron chi connectivity index (χ4n) is 2.85. The van der Waals surface area contributed by atoms with Gasteiger partial charge in [-0.15, -0.1) is 0 Å². The highest BCUT2D eigenvalue weighted by molar-refractivity contribution is 7.92. The molecule has 1 aliphatic heterocycles. The highest BCUT2D eigenvalue weighted by atomic mass is 32.2. The Morgan fingerprint density at radius 3 is 2.42 bits per heavy atom. The third-order valence-electron chi connectivity index (χ3n) is 4.60. The predicted molar refractivity (Wildman–Crippen MR) is 104 cm³/mol. The molecule has 2 aromatic rings. The number of nitrogens with one attached hydrogen (secondary N) is 2. The number of carbonyl (C=O) groups excluding carboxylic acids is 1. The fraction of sp³-hybridized carbons (Fsp3) is 0.316. The normalized spacial score (nSPS) is 14.9. The smallest absolute Gasteiger partial charge is 0.261 e. The quantitative estimate of drug-likeness (QED) is 0.815. The van der Waals surface area contributed by atoms with Crippen molar-refractivity contribution in [1.29, 1.82) is 0 Å². The molecule has 0 aromatic heterocycles. The molecule has 1 amide bonds. The van der Waals surface area contributed by atoms with Crippen molar-refractivity contribution < 1.29 is 13.2 Å². The first-order valence-corrected chi connectivity index (χ1v) is 10.1. The molecule has 1 heterocycles. The molecule has 2 aromatic carbocycles. The average Bonchev–Trinajstić information content (AvgIpc) is 2.90. The second-order valence-electron chi connectivity index (χ2n) is 6.56. The van der Waals surface area contributed by atoms with Crippen LogP contribution in [-0.2, 0) is 21.2 Å². The largest absolute Gasteiger partial charge is 0.383 e.